The molecule has 1 aromatic heterocycles. The number of rotatable bonds is 10. The second kappa shape index (κ2) is 15.2. The Labute approximate surface area is 283 Å². The van der Waals surface area contributed by atoms with E-state index in [-0.39, 0.29) is 76.0 Å². The zero-order valence-electron chi connectivity index (χ0n) is 23.5. The fourth-order valence-electron chi connectivity index (χ4n) is 4.21. The Morgan fingerprint density at radius 2 is 1.89 bits per heavy atom. The molecule has 2 aliphatic rings. The molecule has 1 fully saturated rings. The average Bonchev–Trinajstić information content (AvgIpc) is 3.41. The van der Waals surface area contributed by atoms with Crippen molar-refractivity contribution in [3.8, 4) is 0 Å². The predicted molar refractivity (Wildman–Crippen MR) is 165 cm³/mol. The summed E-state index contributed by atoms with van der Waals surface area (Å²) in [6.45, 7) is 4.64. The van der Waals surface area contributed by atoms with Crippen LogP contribution in [0.1, 0.15) is 38.4 Å². The summed E-state index contributed by atoms with van der Waals surface area (Å²) in [6, 6.07) is 8.02. The van der Waals surface area contributed by atoms with E-state index in [0.717, 1.165) is 21.8 Å². The monoisotopic (exact) mass is 654 g/mol. The number of nitrogens with zero attached hydrogens (tertiary/aromatic N) is 2. The molecule has 2 atom stereocenters. The summed E-state index contributed by atoms with van der Waals surface area (Å²) in [7, 11) is 0. The number of ether oxygens (including phenoxy) is 2. The SMILES string of the molecule is CC(C)(C)OC(=O)C/C=C(/C(=O)N[C@@H]1C(=O)N2C(C(=O)O)=C(CO)CS[C@H]12)c1csc(NC(=O)OCc2ccccc2)n1.[NaH]. The number of aliphatic hydroxyl groups is 1. The number of aliphatic carboxylic acids is 1. The number of aromatic nitrogens is 1. The molecule has 1 aromatic carbocycles. The summed E-state index contributed by atoms with van der Waals surface area (Å²) >= 11 is 2.23. The molecule has 0 radical (unpaired) electrons. The Balaban J connectivity index is 0.00000529. The standard InChI is InChI=1S/C28H30N4O9S2.Na.H/c1-28(2,3)41-19(34)10-9-17(18-14-43-26(29-18)31-27(39)40-12-15-7-5-4-6-8-15)22(35)30-20-23(36)32-21(25(37)38)16(11-33)13-42-24(20)32;;/h4-9,14,20,24,33H,10-13H2,1-3H3,(H,30,35)(H,37,38)(H,29,31,39);;/b17-9+;;/t20-,24-;;/m1../s1. The molecule has 4 rings (SSSR count). The number of hydrogen-bond acceptors (Lipinski definition) is 11. The van der Waals surface area contributed by atoms with Gasteiger partial charge in [-0.15, -0.1) is 23.1 Å². The normalized spacial score (nSPS) is 18.0. The summed E-state index contributed by atoms with van der Waals surface area (Å²) in [5.74, 6) is -3.17. The average molecular weight is 655 g/mol. The molecule has 13 nitrogen and oxygen atoms in total. The first kappa shape index (κ1) is 35.3. The van der Waals surface area contributed by atoms with E-state index in [9.17, 15) is 34.2 Å². The molecule has 1 saturated heterocycles. The number of β-lactam (4-membered cyclic amide) rings is 1. The molecular weight excluding hydrogens is 623 g/mol. The number of thioether (sulfide) groups is 1. The maximum absolute atomic E-state index is 13.5. The Kier molecular flexibility index (Phi) is 12.2. The molecule has 4 N–H and O–H groups in total. The number of thiazole rings is 1. The first-order chi connectivity index (χ1) is 20.4. The van der Waals surface area contributed by atoms with Gasteiger partial charge < -0.3 is 25.0 Å². The van der Waals surface area contributed by atoms with Gasteiger partial charge in [-0.25, -0.2) is 14.6 Å². The Bertz CT molecular complexity index is 1490. The van der Waals surface area contributed by atoms with Crippen LogP contribution in [-0.4, -0.2) is 109 Å². The van der Waals surface area contributed by atoms with E-state index in [1.54, 1.807) is 32.9 Å². The first-order valence-corrected chi connectivity index (χ1v) is 15.0. The predicted octanol–water partition coefficient (Wildman–Crippen LogP) is 2.09. The van der Waals surface area contributed by atoms with Crippen molar-refractivity contribution >= 4 is 93.2 Å². The zero-order chi connectivity index (χ0) is 31.3. The van der Waals surface area contributed by atoms with E-state index in [1.165, 1.54) is 23.2 Å². The molecule has 0 spiro atoms. The molecule has 3 amide bonds. The first-order valence-electron chi connectivity index (χ1n) is 13.0. The van der Waals surface area contributed by atoms with Crippen LogP contribution in [0.4, 0.5) is 9.93 Å². The van der Waals surface area contributed by atoms with Gasteiger partial charge in [0.2, 0.25) is 0 Å². The van der Waals surface area contributed by atoms with Gasteiger partial charge in [-0.2, -0.15) is 0 Å². The van der Waals surface area contributed by atoms with Crippen molar-refractivity contribution in [1.82, 2.24) is 15.2 Å². The quantitative estimate of drug-likeness (QED) is 0.127. The fourth-order valence-corrected chi connectivity index (χ4v) is 6.24. The van der Waals surface area contributed by atoms with Crippen molar-refractivity contribution in [1.29, 1.82) is 0 Å². The number of nitrogens with one attached hydrogen (secondary N) is 2. The third kappa shape index (κ3) is 8.70. The van der Waals surface area contributed by atoms with Crippen LogP contribution in [0.25, 0.3) is 5.57 Å². The second-order valence-corrected chi connectivity index (χ2v) is 12.4. The van der Waals surface area contributed by atoms with E-state index < -0.39 is 53.5 Å². The number of fused-ring (bicyclic) bond motifs is 1. The number of amides is 3. The number of carbonyl (C=O) groups excluding carboxylic acids is 4. The topological polar surface area (TPSA) is 184 Å². The van der Waals surface area contributed by atoms with Gasteiger partial charge in [0, 0.05) is 11.1 Å². The molecule has 0 aliphatic carbocycles. The minimum absolute atomic E-state index is 0. The van der Waals surface area contributed by atoms with Crippen LogP contribution in [0.15, 0.2) is 53.1 Å². The number of anilines is 1. The van der Waals surface area contributed by atoms with E-state index in [0.29, 0.717) is 0 Å². The third-order valence-corrected chi connectivity index (χ3v) is 8.16. The van der Waals surface area contributed by atoms with Crippen molar-refractivity contribution in [2.75, 3.05) is 17.7 Å². The van der Waals surface area contributed by atoms with Crippen LogP contribution >= 0.6 is 23.1 Å². The van der Waals surface area contributed by atoms with Gasteiger partial charge in [0.25, 0.3) is 11.8 Å². The molecule has 0 bridgehead atoms. The Morgan fingerprint density at radius 1 is 1.18 bits per heavy atom. The molecule has 0 unspecified atom stereocenters. The zero-order valence-corrected chi connectivity index (χ0v) is 25.1. The van der Waals surface area contributed by atoms with E-state index in [1.807, 2.05) is 18.2 Å². The van der Waals surface area contributed by atoms with Crippen molar-refractivity contribution in [3.05, 3.63) is 64.3 Å². The molecule has 0 saturated carbocycles. The van der Waals surface area contributed by atoms with Gasteiger partial charge in [0.1, 0.15) is 29.3 Å². The summed E-state index contributed by atoms with van der Waals surface area (Å²) in [5.41, 5.74) is 0.0169. The number of aliphatic hydroxyl groups excluding tert-OH is 1. The second-order valence-electron chi connectivity index (χ2n) is 10.4. The summed E-state index contributed by atoms with van der Waals surface area (Å²) < 4.78 is 10.5. The molecule has 2 aromatic rings. The van der Waals surface area contributed by atoms with E-state index in [2.05, 4.69) is 15.6 Å². The van der Waals surface area contributed by atoms with Crippen molar-refractivity contribution in [3.63, 3.8) is 0 Å². The van der Waals surface area contributed by atoms with Crippen molar-refractivity contribution < 1.29 is 43.7 Å². The van der Waals surface area contributed by atoms with Crippen LogP contribution in [-0.2, 0) is 35.3 Å². The summed E-state index contributed by atoms with van der Waals surface area (Å²) in [4.78, 5) is 68.2. The van der Waals surface area contributed by atoms with Crippen molar-refractivity contribution in [2.45, 2.75) is 50.8 Å². The number of benzene rings is 1. The number of hydrogen-bond donors (Lipinski definition) is 4. The fraction of sp³-hybridized carbons (Fsp3) is 0.357. The molecular formula is C28H31N4NaO9S2. The Hall–Kier alpha value is -3.21. The van der Waals surface area contributed by atoms with E-state index in [4.69, 9.17) is 9.47 Å². The van der Waals surface area contributed by atoms with Gasteiger partial charge in [-0.3, -0.25) is 24.6 Å². The summed E-state index contributed by atoms with van der Waals surface area (Å²) in [6.07, 6.45) is 0.276. The van der Waals surface area contributed by atoms with Crippen LogP contribution in [0.5, 0.6) is 0 Å². The maximum atomic E-state index is 13.5. The summed E-state index contributed by atoms with van der Waals surface area (Å²) in [5, 5.41) is 25.2. The van der Waals surface area contributed by atoms with Gasteiger partial charge in [0.05, 0.1) is 24.3 Å². The minimum atomic E-state index is -1.35. The number of carbonyl (C=O) groups is 5. The molecule has 3 heterocycles. The molecule has 16 heteroatoms. The molecule has 44 heavy (non-hydrogen) atoms. The Morgan fingerprint density at radius 3 is 2.52 bits per heavy atom. The van der Waals surface area contributed by atoms with Gasteiger partial charge in [-0.05, 0) is 31.9 Å². The van der Waals surface area contributed by atoms with Gasteiger partial charge >= 0.3 is 47.6 Å². The van der Waals surface area contributed by atoms with Crippen molar-refractivity contribution in [2.24, 2.45) is 0 Å². The van der Waals surface area contributed by atoms with Crippen LogP contribution < -0.4 is 10.6 Å². The van der Waals surface area contributed by atoms with Crippen LogP contribution in [0.2, 0.25) is 0 Å². The van der Waals surface area contributed by atoms with Gasteiger partial charge in [-0.1, -0.05) is 36.4 Å². The van der Waals surface area contributed by atoms with Crippen LogP contribution in [0, 0.1) is 0 Å². The van der Waals surface area contributed by atoms with Crippen LogP contribution in [0.3, 0.4) is 0 Å². The van der Waals surface area contributed by atoms with Gasteiger partial charge in [0.15, 0.2) is 5.13 Å². The third-order valence-electron chi connectivity index (χ3n) is 6.07. The number of carboxylic acids is 1. The molecule has 2 aliphatic heterocycles. The molecule has 230 valence electrons. The number of carboxylic acid groups (broad SMARTS) is 1. The van der Waals surface area contributed by atoms with E-state index >= 15 is 0 Å². The number of esters is 1.